The summed E-state index contributed by atoms with van der Waals surface area (Å²) < 4.78 is 38.3. The Bertz CT molecular complexity index is 1170. The summed E-state index contributed by atoms with van der Waals surface area (Å²) in [6, 6.07) is 19.4. The second kappa shape index (κ2) is 10.4. The van der Waals surface area contributed by atoms with Crippen LogP contribution in [0.1, 0.15) is 18.5 Å². The average Bonchev–Trinajstić information content (AvgIpc) is 2.78. The summed E-state index contributed by atoms with van der Waals surface area (Å²) in [7, 11) is -2.28. The zero-order chi connectivity index (χ0) is 23.1. The summed E-state index contributed by atoms with van der Waals surface area (Å²) in [6.45, 7) is 1.65. The van der Waals surface area contributed by atoms with Gasteiger partial charge in [-0.25, -0.2) is 8.42 Å². The SMILES string of the molecule is COc1cccc(NS(=O)(=O)c2ccc(OCC(=O)N[C@@H](C)c3ccc(Cl)cc3)cc2)c1. The number of anilines is 1. The first-order valence-electron chi connectivity index (χ1n) is 9.71. The highest BCUT2D eigenvalue weighted by Crippen LogP contribution is 2.22. The Morgan fingerprint density at radius 1 is 1.00 bits per heavy atom. The first kappa shape index (κ1) is 23.4. The number of carbonyl (C=O) groups is 1. The third kappa shape index (κ3) is 6.38. The van der Waals surface area contributed by atoms with Crippen LogP contribution in [0.2, 0.25) is 5.02 Å². The quantitative estimate of drug-likeness (QED) is 0.479. The molecule has 0 spiro atoms. The van der Waals surface area contributed by atoms with Crippen molar-refractivity contribution in [3.05, 3.63) is 83.4 Å². The van der Waals surface area contributed by atoms with E-state index >= 15 is 0 Å². The molecule has 0 aromatic heterocycles. The lowest BCUT2D eigenvalue weighted by molar-refractivity contribution is -0.123. The van der Waals surface area contributed by atoms with Crippen LogP contribution >= 0.6 is 11.6 Å². The minimum absolute atomic E-state index is 0.0634. The van der Waals surface area contributed by atoms with Gasteiger partial charge in [-0.05, 0) is 61.0 Å². The molecule has 0 aliphatic carbocycles. The van der Waals surface area contributed by atoms with Crippen LogP contribution in [-0.4, -0.2) is 28.0 Å². The van der Waals surface area contributed by atoms with Crippen LogP contribution in [0.15, 0.2) is 77.7 Å². The molecule has 0 heterocycles. The Morgan fingerprint density at radius 2 is 1.69 bits per heavy atom. The molecule has 1 amide bonds. The predicted octanol–water partition coefficient (Wildman–Crippen LogP) is 4.41. The lowest BCUT2D eigenvalue weighted by atomic mass is 10.1. The first-order valence-corrected chi connectivity index (χ1v) is 11.6. The van der Waals surface area contributed by atoms with E-state index in [9.17, 15) is 13.2 Å². The minimum atomic E-state index is -3.79. The van der Waals surface area contributed by atoms with E-state index in [0.29, 0.717) is 22.2 Å². The van der Waals surface area contributed by atoms with Gasteiger partial charge < -0.3 is 14.8 Å². The first-order chi connectivity index (χ1) is 15.3. The lowest BCUT2D eigenvalue weighted by Gasteiger charge is -2.15. The van der Waals surface area contributed by atoms with Gasteiger partial charge in [0.15, 0.2) is 6.61 Å². The molecule has 2 N–H and O–H groups in total. The van der Waals surface area contributed by atoms with Gasteiger partial charge in [0, 0.05) is 11.1 Å². The standard InChI is InChI=1S/C23H23ClN2O5S/c1-16(17-6-8-18(24)9-7-17)25-23(27)15-31-20-10-12-22(13-11-20)32(28,29)26-19-4-3-5-21(14-19)30-2/h3-14,16,26H,15H2,1-2H3,(H,25,27)/t16-/m0/s1. The molecular formula is C23H23ClN2O5S. The van der Waals surface area contributed by atoms with Crippen molar-refractivity contribution in [2.75, 3.05) is 18.4 Å². The van der Waals surface area contributed by atoms with Gasteiger partial charge in [-0.3, -0.25) is 9.52 Å². The number of hydrogen-bond donors (Lipinski definition) is 2. The number of sulfonamides is 1. The smallest absolute Gasteiger partial charge is 0.261 e. The van der Waals surface area contributed by atoms with Crippen molar-refractivity contribution in [2.24, 2.45) is 0 Å². The van der Waals surface area contributed by atoms with Crippen LogP contribution in [0.3, 0.4) is 0 Å². The molecule has 1 atom stereocenters. The van der Waals surface area contributed by atoms with E-state index < -0.39 is 10.0 Å². The number of hydrogen-bond acceptors (Lipinski definition) is 5. The number of methoxy groups -OCH3 is 1. The van der Waals surface area contributed by atoms with Gasteiger partial charge in [-0.15, -0.1) is 0 Å². The van der Waals surface area contributed by atoms with Crippen LogP contribution in [0.25, 0.3) is 0 Å². The predicted molar refractivity (Wildman–Crippen MR) is 124 cm³/mol. The van der Waals surface area contributed by atoms with E-state index in [0.717, 1.165) is 5.56 Å². The molecule has 0 unspecified atom stereocenters. The summed E-state index contributed by atoms with van der Waals surface area (Å²) in [4.78, 5) is 12.2. The van der Waals surface area contributed by atoms with Crippen LogP contribution < -0.4 is 19.5 Å². The van der Waals surface area contributed by atoms with Crippen LogP contribution in [0.4, 0.5) is 5.69 Å². The molecule has 0 fully saturated rings. The van der Waals surface area contributed by atoms with Crippen LogP contribution in [0.5, 0.6) is 11.5 Å². The van der Waals surface area contributed by atoms with E-state index in [-0.39, 0.29) is 23.5 Å². The lowest BCUT2D eigenvalue weighted by Crippen LogP contribution is -2.31. The third-order valence-electron chi connectivity index (χ3n) is 4.57. The Kier molecular flexibility index (Phi) is 7.61. The topological polar surface area (TPSA) is 93.7 Å². The van der Waals surface area contributed by atoms with E-state index in [1.165, 1.54) is 31.4 Å². The van der Waals surface area contributed by atoms with Gasteiger partial charge in [0.1, 0.15) is 11.5 Å². The minimum Gasteiger partial charge on any atom is -0.497 e. The molecule has 9 heteroatoms. The number of rotatable bonds is 9. The average molecular weight is 475 g/mol. The van der Waals surface area contributed by atoms with Crippen LogP contribution in [0, 0.1) is 0 Å². The summed E-state index contributed by atoms with van der Waals surface area (Å²) in [5.74, 6) is 0.612. The maximum Gasteiger partial charge on any atom is 0.261 e. The summed E-state index contributed by atoms with van der Waals surface area (Å²) in [5, 5.41) is 3.46. The van der Waals surface area contributed by atoms with Crippen LogP contribution in [-0.2, 0) is 14.8 Å². The molecule has 3 aromatic carbocycles. The van der Waals surface area contributed by atoms with Crippen molar-refractivity contribution in [2.45, 2.75) is 17.9 Å². The van der Waals surface area contributed by atoms with Crippen molar-refractivity contribution in [1.82, 2.24) is 5.32 Å². The van der Waals surface area contributed by atoms with Gasteiger partial charge in [0.2, 0.25) is 0 Å². The Morgan fingerprint density at radius 3 is 2.34 bits per heavy atom. The Balaban J connectivity index is 1.55. The van der Waals surface area contributed by atoms with Gasteiger partial charge in [0.25, 0.3) is 15.9 Å². The number of benzene rings is 3. The molecule has 0 saturated heterocycles. The second-order valence-corrected chi connectivity index (χ2v) is 9.06. The fourth-order valence-corrected chi connectivity index (χ4v) is 4.06. The van der Waals surface area contributed by atoms with Gasteiger partial charge in [-0.1, -0.05) is 29.8 Å². The number of halogens is 1. The van der Waals surface area contributed by atoms with E-state index in [1.54, 1.807) is 36.4 Å². The van der Waals surface area contributed by atoms with Gasteiger partial charge in [-0.2, -0.15) is 0 Å². The molecule has 0 aliphatic heterocycles. The Labute approximate surface area is 192 Å². The second-order valence-electron chi connectivity index (χ2n) is 6.94. The summed E-state index contributed by atoms with van der Waals surface area (Å²) in [6.07, 6.45) is 0. The number of amides is 1. The van der Waals surface area contributed by atoms with Crippen molar-refractivity contribution in [3.8, 4) is 11.5 Å². The molecule has 3 aromatic rings. The highest BCUT2D eigenvalue weighted by molar-refractivity contribution is 7.92. The fourth-order valence-electron chi connectivity index (χ4n) is 2.88. The monoisotopic (exact) mass is 474 g/mol. The zero-order valence-electron chi connectivity index (χ0n) is 17.5. The van der Waals surface area contributed by atoms with E-state index in [4.69, 9.17) is 21.1 Å². The molecule has 3 rings (SSSR count). The third-order valence-corrected chi connectivity index (χ3v) is 6.22. The molecule has 32 heavy (non-hydrogen) atoms. The van der Waals surface area contributed by atoms with E-state index in [1.807, 2.05) is 19.1 Å². The number of nitrogens with one attached hydrogen (secondary N) is 2. The molecule has 0 bridgehead atoms. The molecular weight excluding hydrogens is 452 g/mol. The van der Waals surface area contributed by atoms with Gasteiger partial charge >= 0.3 is 0 Å². The Hall–Kier alpha value is -3.23. The fraction of sp³-hybridized carbons (Fsp3) is 0.174. The summed E-state index contributed by atoms with van der Waals surface area (Å²) in [5.41, 5.74) is 1.30. The molecule has 7 nitrogen and oxygen atoms in total. The largest absolute Gasteiger partial charge is 0.497 e. The van der Waals surface area contributed by atoms with Crippen molar-refractivity contribution < 1.29 is 22.7 Å². The van der Waals surface area contributed by atoms with Crippen molar-refractivity contribution in [3.63, 3.8) is 0 Å². The normalized spacial score (nSPS) is 12.0. The molecule has 168 valence electrons. The van der Waals surface area contributed by atoms with Gasteiger partial charge in [0.05, 0.1) is 23.7 Å². The zero-order valence-corrected chi connectivity index (χ0v) is 19.1. The molecule has 0 saturated carbocycles. The molecule has 0 aliphatic rings. The van der Waals surface area contributed by atoms with E-state index in [2.05, 4.69) is 10.0 Å². The highest BCUT2D eigenvalue weighted by atomic mass is 35.5. The maximum absolute atomic E-state index is 12.6. The number of carbonyl (C=O) groups excluding carboxylic acids is 1. The maximum atomic E-state index is 12.6. The van der Waals surface area contributed by atoms with Crippen molar-refractivity contribution in [1.29, 1.82) is 0 Å². The molecule has 0 radical (unpaired) electrons. The highest BCUT2D eigenvalue weighted by Gasteiger charge is 2.15. The number of ether oxygens (including phenoxy) is 2. The summed E-state index contributed by atoms with van der Waals surface area (Å²) >= 11 is 5.88. The van der Waals surface area contributed by atoms with Crippen molar-refractivity contribution >= 4 is 33.2 Å².